The predicted molar refractivity (Wildman–Crippen MR) is 128 cm³/mol. The molecule has 0 radical (unpaired) electrons. The van der Waals surface area contributed by atoms with Gasteiger partial charge in [0.25, 0.3) is 0 Å². The number of fused-ring (bicyclic) bond motifs is 5. The van der Waals surface area contributed by atoms with E-state index in [0.717, 1.165) is 24.1 Å². The van der Waals surface area contributed by atoms with Crippen molar-refractivity contribution in [3.63, 3.8) is 0 Å². The zero-order chi connectivity index (χ0) is 25.9. The molecule has 2 N–H and O–H groups in total. The fraction of sp³-hybridized carbons (Fsp3) is 0.385. The predicted octanol–water partition coefficient (Wildman–Crippen LogP) is 3.03. The molecule has 3 atom stereocenters. The van der Waals surface area contributed by atoms with Gasteiger partial charge in [-0.2, -0.15) is 10.2 Å². The summed E-state index contributed by atoms with van der Waals surface area (Å²) in [5.74, 6) is -0.846. The molecule has 37 heavy (non-hydrogen) atoms. The number of aliphatic hydroxyl groups excluding tert-OH is 2. The van der Waals surface area contributed by atoms with Crippen molar-refractivity contribution >= 4 is 0 Å². The molecule has 6 rings (SSSR count). The highest BCUT2D eigenvalue weighted by atomic mass is 19.1. The minimum absolute atomic E-state index is 0.0557. The first-order valence-corrected chi connectivity index (χ1v) is 12.1. The Kier molecular flexibility index (Phi) is 5.39. The summed E-state index contributed by atoms with van der Waals surface area (Å²) in [7, 11) is 0. The third-order valence-electron chi connectivity index (χ3n) is 8.11. The maximum absolute atomic E-state index is 14.5. The standard InChI is InChI=1S/C26H25F2N7O2/c1-25(2)16-6-7-26(25,23-15(16)8-19(33-34-23)22-17(27)4-3-5-18(22)28)21-10-29-9-20(32-21)24-30-13-31-35(24)11-14(37)12-36/h3-5,8-10,13-14,16,36-37H,6-7,11-12H2,1-2H3/t14?,16-,26-/m0/s1. The lowest BCUT2D eigenvalue weighted by atomic mass is 9.66. The molecule has 0 aliphatic heterocycles. The van der Waals surface area contributed by atoms with Gasteiger partial charge >= 0.3 is 0 Å². The monoisotopic (exact) mass is 505 g/mol. The van der Waals surface area contributed by atoms with E-state index in [4.69, 9.17) is 4.98 Å². The van der Waals surface area contributed by atoms with Crippen molar-refractivity contribution in [1.29, 1.82) is 0 Å². The number of hydrogen-bond donors (Lipinski definition) is 2. The average molecular weight is 506 g/mol. The Hall–Kier alpha value is -3.70. The van der Waals surface area contributed by atoms with Crippen LogP contribution in [0.3, 0.4) is 0 Å². The highest BCUT2D eigenvalue weighted by molar-refractivity contribution is 5.64. The van der Waals surface area contributed by atoms with E-state index in [1.165, 1.54) is 29.2 Å². The Morgan fingerprint density at radius 3 is 2.68 bits per heavy atom. The second-order valence-corrected chi connectivity index (χ2v) is 10.2. The average Bonchev–Trinajstić information content (AvgIpc) is 3.51. The first kappa shape index (κ1) is 23.7. The highest BCUT2D eigenvalue weighted by Crippen LogP contribution is 2.69. The number of rotatable bonds is 6. The molecule has 0 spiro atoms. The summed E-state index contributed by atoms with van der Waals surface area (Å²) in [6.07, 6.45) is 5.30. The van der Waals surface area contributed by atoms with Crippen LogP contribution in [0, 0.1) is 17.0 Å². The fourth-order valence-electron chi connectivity index (χ4n) is 6.29. The minimum atomic E-state index is -0.991. The number of aliphatic hydroxyl groups is 2. The van der Waals surface area contributed by atoms with Gasteiger partial charge in [-0.15, -0.1) is 5.10 Å². The van der Waals surface area contributed by atoms with Crippen LogP contribution in [0.5, 0.6) is 0 Å². The zero-order valence-corrected chi connectivity index (χ0v) is 20.3. The zero-order valence-electron chi connectivity index (χ0n) is 20.3. The van der Waals surface area contributed by atoms with E-state index in [1.807, 2.05) is 0 Å². The number of hydrogen-bond acceptors (Lipinski definition) is 8. The van der Waals surface area contributed by atoms with E-state index in [0.29, 0.717) is 17.2 Å². The maximum atomic E-state index is 14.5. The van der Waals surface area contributed by atoms with Gasteiger partial charge in [-0.25, -0.2) is 23.4 Å². The van der Waals surface area contributed by atoms with Gasteiger partial charge in [0.15, 0.2) is 5.82 Å². The van der Waals surface area contributed by atoms with E-state index in [2.05, 4.69) is 39.1 Å². The smallest absolute Gasteiger partial charge is 0.178 e. The van der Waals surface area contributed by atoms with Crippen LogP contribution in [-0.4, -0.2) is 57.9 Å². The third-order valence-corrected chi connectivity index (χ3v) is 8.11. The molecular formula is C26H25F2N7O2. The Morgan fingerprint density at radius 2 is 1.92 bits per heavy atom. The molecule has 0 saturated heterocycles. The number of aromatic nitrogens is 7. The Morgan fingerprint density at radius 1 is 1.14 bits per heavy atom. The van der Waals surface area contributed by atoms with E-state index in [1.54, 1.807) is 18.5 Å². The summed E-state index contributed by atoms with van der Waals surface area (Å²) in [4.78, 5) is 13.7. The van der Waals surface area contributed by atoms with Gasteiger partial charge in [0, 0.05) is 6.20 Å². The van der Waals surface area contributed by atoms with Crippen molar-refractivity contribution < 1.29 is 19.0 Å². The summed E-state index contributed by atoms with van der Waals surface area (Å²) in [6, 6.07) is 5.52. The van der Waals surface area contributed by atoms with Gasteiger partial charge < -0.3 is 10.2 Å². The molecule has 0 amide bonds. The van der Waals surface area contributed by atoms with Gasteiger partial charge in [0.1, 0.15) is 23.7 Å². The first-order chi connectivity index (χ1) is 17.8. The number of nitrogens with zero attached hydrogens (tertiary/aromatic N) is 7. The van der Waals surface area contributed by atoms with Crippen LogP contribution in [0.2, 0.25) is 0 Å². The molecule has 3 heterocycles. The molecule has 1 fully saturated rings. The summed E-state index contributed by atoms with van der Waals surface area (Å²) in [5.41, 5.74) is 1.91. The molecule has 4 aromatic rings. The van der Waals surface area contributed by atoms with Crippen LogP contribution >= 0.6 is 0 Å². The molecule has 3 aromatic heterocycles. The van der Waals surface area contributed by atoms with Crippen molar-refractivity contribution in [3.8, 4) is 22.8 Å². The number of halogens is 2. The normalized spacial score (nSPS) is 22.3. The lowest BCUT2D eigenvalue weighted by Gasteiger charge is -2.37. The molecule has 2 bridgehead atoms. The molecule has 1 unspecified atom stereocenters. The molecule has 9 nitrogen and oxygen atoms in total. The molecule has 1 saturated carbocycles. The van der Waals surface area contributed by atoms with E-state index >= 15 is 0 Å². The quantitative estimate of drug-likeness (QED) is 0.410. The van der Waals surface area contributed by atoms with Crippen molar-refractivity contribution in [3.05, 3.63) is 71.6 Å². The molecule has 190 valence electrons. The maximum Gasteiger partial charge on any atom is 0.178 e. The van der Waals surface area contributed by atoms with Crippen LogP contribution in [0.4, 0.5) is 8.78 Å². The number of benzene rings is 1. The third kappa shape index (κ3) is 3.33. The van der Waals surface area contributed by atoms with E-state index in [-0.39, 0.29) is 29.1 Å². The minimum Gasteiger partial charge on any atom is -0.394 e. The Balaban J connectivity index is 1.47. The SMILES string of the molecule is CC1(C)[C@H]2CC[C@]1(c1cncc(-c3ncnn3CC(O)CO)n1)c1nnc(-c3c(F)cccc3F)cc12. The first-order valence-electron chi connectivity index (χ1n) is 12.1. The molecule has 2 aliphatic rings. The van der Waals surface area contributed by atoms with Crippen LogP contribution in [0.15, 0.2) is 43.0 Å². The summed E-state index contributed by atoms with van der Waals surface area (Å²) < 4.78 is 30.5. The van der Waals surface area contributed by atoms with Gasteiger partial charge in [-0.05, 0) is 47.9 Å². The summed E-state index contributed by atoms with van der Waals surface area (Å²) in [5, 5.41) is 32.1. The van der Waals surface area contributed by atoms with Crippen LogP contribution in [0.25, 0.3) is 22.8 Å². The Bertz CT molecular complexity index is 1490. The Labute approximate surface area is 211 Å². The topological polar surface area (TPSA) is 123 Å². The highest BCUT2D eigenvalue weighted by Gasteiger charge is 2.65. The van der Waals surface area contributed by atoms with Gasteiger partial charge in [0.2, 0.25) is 0 Å². The lowest BCUT2D eigenvalue weighted by molar-refractivity contribution is 0.0786. The lowest BCUT2D eigenvalue weighted by Crippen LogP contribution is -2.38. The van der Waals surface area contributed by atoms with Gasteiger partial charge in [-0.1, -0.05) is 19.9 Å². The van der Waals surface area contributed by atoms with E-state index in [9.17, 15) is 19.0 Å². The largest absolute Gasteiger partial charge is 0.394 e. The van der Waals surface area contributed by atoms with Crippen molar-refractivity contribution in [1.82, 2.24) is 34.9 Å². The van der Waals surface area contributed by atoms with E-state index < -0.39 is 29.8 Å². The van der Waals surface area contributed by atoms with Gasteiger partial charge in [0.05, 0.1) is 53.5 Å². The van der Waals surface area contributed by atoms with Crippen LogP contribution in [0.1, 0.15) is 49.6 Å². The molecular weight excluding hydrogens is 480 g/mol. The summed E-state index contributed by atoms with van der Waals surface area (Å²) >= 11 is 0. The second-order valence-electron chi connectivity index (χ2n) is 10.2. The fourth-order valence-corrected chi connectivity index (χ4v) is 6.29. The van der Waals surface area contributed by atoms with Crippen molar-refractivity contribution in [2.75, 3.05) is 6.61 Å². The molecule has 1 aromatic carbocycles. The van der Waals surface area contributed by atoms with Crippen LogP contribution in [-0.2, 0) is 12.0 Å². The van der Waals surface area contributed by atoms with Crippen molar-refractivity contribution in [2.24, 2.45) is 5.41 Å². The molecule has 2 aliphatic carbocycles. The molecule has 11 heteroatoms. The second kappa shape index (κ2) is 8.42. The van der Waals surface area contributed by atoms with Gasteiger partial charge in [-0.3, -0.25) is 4.98 Å². The summed E-state index contributed by atoms with van der Waals surface area (Å²) in [6.45, 7) is 3.96. The van der Waals surface area contributed by atoms with Crippen molar-refractivity contribution in [2.45, 2.75) is 50.7 Å². The van der Waals surface area contributed by atoms with Crippen LogP contribution < -0.4 is 0 Å².